The normalized spacial score (nSPS) is 11.5. The molecule has 0 aromatic rings. The van der Waals surface area contributed by atoms with Crippen molar-refractivity contribution in [2.24, 2.45) is 0 Å². The van der Waals surface area contributed by atoms with Gasteiger partial charge in [0.25, 0.3) is 0 Å². The van der Waals surface area contributed by atoms with Crippen LogP contribution in [0.3, 0.4) is 0 Å². The highest BCUT2D eigenvalue weighted by molar-refractivity contribution is 5.85. The molecule has 0 fully saturated rings. The van der Waals surface area contributed by atoms with Crippen molar-refractivity contribution in [3.63, 3.8) is 0 Å². The summed E-state index contributed by atoms with van der Waals surface area (Å²) in [6, 6.07) is -2.12. The van der Waals surface area contributed by atoms with E-state index in [1.807, 2.05) is 6.92 Å². The first kappa shape index (κ1) is 17.2. The van der Waals surface area contributed by atoms with Crippen LogP contribution >= 0.6 is 0 Å². The number of amides is 2. The van der Waals surface area contributed by atoms with Crippen LogP contribution in [0.15, 0.2) is 0 Å². The van der Waals surface area contributed by atoms with Crippen molar-refractivity contribution in [2.45, 2.75) is 26.3 Å². The first-order valence-corrected chi connectivity index (χ1v) is 6.00. The topological polar surface area (TPSA) is 116 Å². The first-order chi connectivity index (χ1) is 8.96. The molecule has 0 saturated heterocycles. The van der Waals surface area contributed by atoms with E-state index in [1.165, 1.54) is 0 Å². The molecule has 1 atom stereocenters. The number of rotatable bonds is 8. The molecule has 0 aliphatic rings. The number of urea groups is 1. The number of carboxylic acid groups (broad SMARTS) is 1. The van der Waals surface area contributed by atoms with E-state index in [1.54, 1.807) is 6.92 Å². The number of ether oxygens (including phenoxy) is 1. The molecule has 8 nitrogen and oxygen atoms in total. The minimum atomic E-state index is -1.39. The zero-order valence-corrected chi connectivity index (χ0v) is 11.1. The number of aliphatic hydroxyl groups excluding tert-OH is 1. The Morgan fingerprint density at radius 1 is 1.32 bits per heavy atom. The minimum absolute atomic E-state index is 0.203. The van der Waals surface area contributed by atoms with Gasteiger partial charge in [0.2, 0.25) is 0 Å². The molecule has 0 spiro atoms. The molecule has 0 aliphatic carbocycles. The number of hydrogen-bond donors (Lipinski definition) is 3. The van der Waals surface area contributed by atoms with Crippen LogP contribution in [0, 0.1) is 0 Å². The van der Waals surface area contributed by atoms with Crippen molar-refractivity contribution in [3.8, 4) is 0 Å². The lowest BCUT2D eigenvalue weighted by Gasteiger charge is -2.23. The predicted octanol–water partition coefficient (Wildman–Crippen LogP) is -0.583. The highest BCUT2D eigenvalue weighted by Crippen LogP contribution is 1.96. The number of nitrogens with zero attached hydrogens (tertiary/aromatic N) is 1. The molecule has 19 heavy (non-hydrogen) atoms. The van der Waals surface area contributed by atoms with E-state index in [9.17, 15) is 14.4 Å². The summed E-state index contributed by atoms with van der Waals surface area (Å²) in [6.45, 7) is 2.96. The Bertz CT molecular complexity index is 320. The van der Waals surface area contributed by atoms with Crippen LogP contribution < -0.4 is 5.32 Å². The molecular formula is C11H20N2O6. The van der Waals surface area contributed by atoms with E-state index < -0.39 is 30.6 Å². The van der Waals surface area contributed by atoms with E-state index in [4.69, 9.17) is 14.9 Å². The van der Waals surface area contributed by atoms with Gasteiger partial charge in [0.05, 0.1) is 13.2 Å². The molecule has 0 saturated carbocycles. The maximum Gasteiger partial charge on any atom is 0.328 e. The quantitative estimate of drug-likeness (QED) is 0.511. The summed E-state index contributed by atoms with van der Waals surface area (Å²) >= 11 is 0. The Kier molecular flexibility index (Phi) is 8.27. The van der Waals surface area contributed by atoms with Crippen LogP contribution in [0.25, 0.3) is 0 Å². The average molecular weight is 276 g/mol. The smallest absolute Gasteiger partial charge is 0.328 e. The van der Waals surface area contributed by atoms with Crippen molar-refractivity contribution < 1.29 is 29.3 Å². The molecule has 0 radical (unpaired) electrons. The Labute approximate surface area is 111 Å². The van der Waals surface area contributed by atoms with Gasteiger partial charge in [-0.2, -0.15) is 0 Å². The Morgan fingerprint density at radius 3 is 2.37 bits per heavy atom. The van der Waals surface area contributed by atoms with Crippen molar-refractivity contribution >= 4 is 18.0 Å². The number of carbonyl (C=O) groups is 3. The van der Waals surface area contributed by atoms with E-state index in [-0.39, 0.29) is 19.7 Å². The Balaban J connectivity index is 4.55. The number of hydrogen-bond acceptors (Lipinski definition) is 5. The maximum atomic E-state index is 11.8. The van der Waals surface area contributed by atoms with E-state index in [0.29, 0.717) is 6.42 Å². The van der Waals surface area contributed by atoms with Gasteiger partial charge in [-0.3, -0.25) is 4.79 Å². The molecule has 2 amide bonds. The molecule has 0 heterocycles. The van der Waals surface area contributed by atoms with Crippen LogP contribution in [-0.2, 0) is 14.3 Å². The number of nitrogens with one attached hydrogen (secondary N) is 1. The van der Waals surface area contributed by atoms with Gasteiger partial charge in [-0.1, -0.05) is 6.92 Å². The lowest BCUT2D eigenvalue weighted by atomic mass is 10.3. The molecular weight excluding hydrogens is 256 g/mol. The molecule has 110 valence electrons. The first-order valence-electron chi connectivity index (χ1n) is 6.00. The number of aliphatic hydroxyl groups is 1. The Morgan fingerprint density at radius 2 is 1.95 bits per heavy atom. The SMILES string of the molecule is CCCN(CC(=O)OCC)C(=O)N[C@H](CO)C(=O)O. The minimum Gasteiger partial charge on any atom is -0.480 e. The second kappa shape index (κ2) is 9.15. The molecule has 0 aliphatic heterocycles. The number of aliphatic carboxylic acids is 1. The summed E-state index contributed by atoms with van der Waals surface area (Å²) in [4.78, 5) is 34.9. The largest absolute Gasteiger partial charge is 0.480 e. The van der Waals surface area contributed by atoms with Crippen LogP contribution in [0.2, 0.25) is 0 Å². The third-order valence-electron chi connectivity index (χ3n) is 2.18. The monoisotopic (exact) mass is 276 g/mol. The van der Waals surface area contributed by atoms with Gasteiger partial charge in [0, 0.05) is 6.54 Å². The predicted molar refractivity (Wildman–Crippen MR) is 65.5 cm³/mol. The Hall–Kier alpha value is -1.83. The summed E-state index contributed by atoms with van der Waals surface area (Å²) < 4.78 is 4.72. The lowest BCUT2D eigenvalue weighted by Crippen LogP contribution is -2.51. The van der Waals surface area contributed by atoms with Crippen molar-refractivity contribution in [1.82, 2.24) is 10.2 Å². The molecule has 3 N–H and O–H groups in total. The third-order valence-corrected chi connectivity index (χ3v) is 2.18. The van der Waals surface area contributed by atoms with E-state index in [2.05, 4.69) is 5.32 Å². The average Bonchev–Trinajstić information content (AvgIpc) is 2.35. The number of carboxylic acids is 1. The third kappa shape index (κ3) is 6.61. The zero-order valence-electron chi connectivity index (χ0n) is 11.1. The zero-order chi connectivity index (χ0) is 14.8. The maximum absolute atomic E-state index is 11.8. The van der Waals surface area contributed by atoms with Crippen LogP contribution in [0.5, 0.6) is 0 Å². The molecule has 0 unspecified atom stereocenters. The summed E-state index contributed by atoms with van der Waals surface area (Å²) in [5.74, 6) is -1.91. The van der Waals surface area contributed by atoms with Gasteiger partial charge in [-0.25, -0.2) is 9.59 Å². The number of esters is 1. The van der Waals surface area contributed by atoms with Gasteiger partial charge in [-0.15, -0.1) is 0 Å². The van der Waals surface area contributed by atoms with Gasteiger partial charge in [-0.05, 0) is 13.3 Å². The van der Waals surface area contributed by atoms with Crippen molar-refractivity contribution in [1.29, 1.82) is 0 Å². The fraction of sp³-hybridized carbons (Fsp3) is 0.727. The van der Waals surface area contributed by atoms with Gasteiger partial charge in [0.15, 0.2) is 6.04 Å². The fourth-order valence-corrected chi connectivity index (χ4v) is 1.31. The van der Waals surface area contributed by atoms with Crippen molar-refractivity contribution in [2.75, 3.05) is 26.3 Å². The van der Waals surface area contributed by atoms with Gasteiger partial charge >= 0.3 is 18.0 Å². The van der Waals surface area contributed by atoms with Gasteiger partial charge in [0.1, 0.15) is 6.54 Å². The van der Waals surface area contributed by atoms with Crippen LogP contribution in [-0.4, -0.2) is 65.4 Å². The molecule has 0 aromatic heterocycles. The van der Waals surface area contributed by atoms with Crippen LogP contribution in [0.1, 0.15) is 20.3 Å². The van der Waals surface area contributed by atoms with E-state index in [0.717, 1.165) is 4.90 Å². The standard InChI is InChI=1S/C11H20N2O6/c1-3-5-13(6-9(15)19-4-2)11(18)12-8(7-14)10(16)17/h8,14H,3-7H2,1-2H3,(H,12,18)(H,16,17)/t8-/m1/s1. The highest BCUT2D eigenvalue weighted by atomic mass is 16.5. The summed E-state index contributed by atoms with van der Waals surface area (Å²) in [5.41, 5.74) is 0. The fourth-order valence-electron chi connectivity index (χ4n) is 1.31. The van der Waals surface area contributed by atoms with Gasteiger partial charge < -0.3 is 25.2 Å². The highest BCUT2D eigenvalue weighted by Gasteiger charge is 2.23. The van der Waals surface area contributed by atoms with Crippen molar-refractivity contribution in [3.05, 3.63) is 0 Å². The summed E-state index contributed by atoms with van der Waals surface area (Å²) in [6.07, 6.45) is 0.601. The molecule has 8 heteroatoms. The second-order valence-electron chi connectivity index (χ2n) is 3.75. The van der Waals surface area contributed by atoms with Crippen LogP contribution in [0.4, 0.5) is 4.79 Å². The molecule has 0 bridgehead atoms. The lowest BCUT2D eigenvalue weighted by molar-refractivity contribution is -0.143. The summed E-state index contributed by atoms with van der Waals surface area (Å²) in [5, 5.41) is 19.7. The second-order valence-corrected chi connectivity index (χ2v) is 3.75. The summed E-state index contributed by atoms with van der Waals surface area (Å²) in [7, 11) is 0. The number of carbonyl (C=O) groups excluding carboxylic acids is 2. The van der Waals surface area contributed by atoms with E-state index >= 15 is 0 Å². The molecule has 0 rings (SSSR count). The molecule has 0 aromatic carbocycles.